The number of aliphatic hydroxyl groups is 2. The van der Waals surface area contributed by atoms with Gasteiger partial charge in [-0.15, -0.1) is 0 Å². The summed E-state index contributed by atoms with van der Waals surface area (Å²) in [5.74, 6) is 3.65. The zero-order valence-electron chi connectivity index (χ0n) is 22.8. The molecule has 0 saturated heterocycles. The lowest BCUT2D eigenvalue weighted by Gasteiger charge is -2.72. The smallest absolute Gasteiger partial charge is 0.0930 e. The number of fused-ring (bicyclic) bond motifs is 7. The minimum atomic E-state index is -1.02. The Bertz CT molecular complexity index is 825. The molecular weight excluding hydrogens is 404 g/mol. The van der Waals surface area contributed by atoms with Gasteiger partial charge in [0.2, 0.25) is 0 Å². The zero-order chi connectivity index (χ0) is 24.2. The molecular formula is C31H52O2. The van der Waals surface area contributed by atoms with Gasteiger partial charge in [0.15, 0.2) is 0 Å². The van der Waals surface area contributed by atoms with Gasteiger partial charge in [-0.2, -0.15) is 0 Å². The van der Waals surface area contributed by atoms with Crippen molar-refractivity contribution in [3.63, 3.8) is 0 Å². The molecule has 5 fully saturated rings. The van der Waals surface area contributed by atoms with E-state index >= 15 is 0 Å². The highest BCUT2D eigenvalue weighted by molar-refractivity contribution is 5.20. The minimum absolute atomic E-state index is 0.294. The molecule has 0 aromatic carbocycles. The SMILES string of the molecule is C=C(C)[C@H]1CC[C@@]2(C)CC[C@]3(C)[C@H](CC[C@H]4[C@@]5(C)CC[C@@](O)(C(C)(C)O)C[C@H]5CC[C@@]43C)[C@@H]12. The van der Waals surface area contributed by atoms with Crippen molar-refractivity contribution in [3.05, 3.63) is 12.2 Å². The monoisotopic (exact) mass is 456 g/mol. The van der Waals surface area contributed by atoms with Crippen LogP contribution in [0.1, 0.15) is 119 Å². The van der Waals surface area contributed by atoms with Crippen LogP contribution >= 0.6 is 0 Å². The van der Waals surface area contributed by atoms with Gasteiger partial charge in [0, 0.05) is 0 Å². The van der Waals surface area contributed by atoms with Gasteiger partial charge >= 0.3 is 0 Å². The molecule has 5 saturated carbocycles. The lowest BCUT2D eigenvalue weighted by molar-refractivity contribution is -0.247. The summed E-state index contributed by atoms with van der Waals surface area (Å²) < 4.78 is 0. The molecule has 2 heteroatoms. The van der Waals surface area contributed by atoms with Crippen molar-refractivity contribution in [3.8, 4) is 0 Å². The van der Waals surface area contributed by atoms with E-state index in [2.05, 4.69) is 41.2 Å². The third-order valence-corrected chi connectivity index (χ3v) is 13.7. The lowest BCUT2D eigenvalue weighted by Crippen LogP contribution is -2.66. The highest BCUT2D eigenvalue weighted by Gasteiger charge is 2.69. The Morgan fingerprint density at radius 2 is 1.55 bits per heavy atom. The van der Waals surface area contributed by atoms with Crippen molar-refractivity contribution in [2.75, 3.05) is 0 Å². The maximum Gasteiger partial charge on any atom is 0.0930 e. The molecule has 0 amide bonds. The van der Waals surface area contributed by atoms with Crippen LogP contribution in [0.3, 0.4) is 0 Å². The van der Waals surface area contributed by atoms with Crippen molar-refractivity contribution >= 4 is 0 Å². The normalized spacial score (nSPS) is 56.3. The summed E-state index contributed by atoms with van der Waals surface area (Å²) in [6.07, 6.45) is 13.4. The van der Waals surface area contributed by atoms with Crippen LogP contribution in [-0.2, 0) is 0 Å². The fraction of sp³-hybridized carbons (Fsp3) is 0.935. The van der Waals surface area contributed by atoms with Crippen LogP contribution in [0.4, 0.5) is 0 Å². The van der Waals surface area contributed by atoms with Gasteiger partial charge in [-0.25, -0.2) is 0 Å². The van der Waals surface area contributed by atoms with Crippen molar-refractivity contribution in [1.29, 1.82) is 0 Å². The zero-order valence-corrected chi connectivity index (χ0v) is 22.8. The number of rotatable bonds is 2. The summed E-state index contributed by atoms with van der Waals surface area (Å²) in [4.78, 5) is 0. The average molecular weight is 457 g/mol. The number of hydrogen-bond donors (Lipinski definition) is 2. The molecule has 5 aliphatic carbocycles. The number of hydrogen-bond acceptors (Lipinski definition) is 2. The molecule has 0 aromatic heterocycles. The molecule has 2 N–H and O–H groups in total. The Hall–Kier alpha value is -0.340. The quantitative estimate of drug-likeness (QED) is 0.422. The Balaban J connectivity index is 1.49. The van der Waals surface area contributed by atoms with Gasteiger partial charge in [0.05, 0.1) is 11.2 Å². The van der Waals surface area contributed by atoms with E-state index < -0.39 is 11.2 Å². The Labute approximate surface area is 204 Å². The predicted octanol–water partition coefficient (Wildman–Crippen LogP) is 7.53. The van der Waals surface area contributed by atoms with Gasteiger partial charge in [-0.1, -0.05) is 39.8 Å². The molecule has 33 heavy (non-hydrogen) atoms. The van der Waals surface area contributed by atoms with Gasteiger partial charge in [0.25, 0.3) is 0 Å². The molecule has 0 unspecified atom stereocenters. The highest BCUT2D eigenvalue weighted by atomic mass is 16.4. The molecule has 188 valence electrons. The van der Waals surface area contributed by atoms with Crippen LogP contribution in [0.25, 0.3) is 0 Å². The Morgan fingerprint density at radius 1 is 0.848 bits per heavy atom. The van der Waals surface area contributed by atoms with Crippen LogP contribution in [-0.4, -0.2) is 21.4 Å². The second-order valence-corrected chi connectivity index (χ2v) is 15.3. The van der Waals surface area contributed by atoms with Gasteiger partial charge in [-0.05, 0) is 143 Å². The first-order chi connectivity index (χ1) is 15.1. The second kappa shape index (κ2) is 7.12. The van der Waals surface area contributed by atoms with Crippen molar-refractivity contribution in [2.45, 2.75) is 130 Å². The molecule has 10 atom stereocenters. The molecule has 2 nitrogen and oxygen atoms in total. The molecule has 0 bridgehead atoms. The van der Waals surface area contributed by atoms with Crippen LogP contribution in [0.5, 0.6) is 0 Å². The molecule has 0 radical (unpaired) electrons. The Kier molecular flexibility index (Phi) is 5.25. The van der Waals surface area contributed by atoms with Crippen LogP contribution in [0.15, 0.2) is 12.2 Å². The van der Waals surface area contributed by atoms with Crippen molar-refractivity contribution < 1.29 is 10.2 Å². The largest absolute Gasteiger partial charge is 0.387 e. The minimum Gasteiger partial charge on any atom is -0.387 e. The predicted molar refractivity (Wildman–Crippen MR) is 137 cm³/mol. The molecule has 0 aliphatic heterocycles. The van der Waals surface area contributed by atoms with E-state index in [0.29, 0.717) is 27.6 Å². The second-order valence-electron chi connectivity index (χ2n) is 15.3. The van der Waals surface area contributed by atoms with Crippen LogP contribution in [0.2, 0.25) is 0 Å². The van der Waals surface area contributed by atoms with Gasteiger partial charge in [-0.3, -0.25) is 0 Å². The van der Waals surface area contributed by atoms with E-state index in [-0.39, 0.29) is 0 Å². The summed E-state index contributed by atoms with van der Waals surface area (Å²) in [6.45, 7) is 21.0. The molecule has 0 spiro atoms. The first-order valence-corrected chi connectivity index (χ1v) is 14.2. The standard InChI is InChI=1S/C31H52O2/c1-20(2)22-12-13-27(5)15-17-29(7)23(25(22)27)9-10-24-28(6)16-18-31(33,26(3,4)32)19-21(28)11-14-30(24,29)8/h21-25,32-33H,1,9-19H2,2-8H3/t21-,22-,23-,24+,25-,27+,28+,29-,30+,31+/m1/s1. The van der Waals surface area contributed by atoms with Gasteiger partial charge < -0.3 is 10.2 Å². The average Bonchev–Trinajstić information content (AvgIpc) is 3.07. The molecule has 0 aromatic rings. The van der Waals surface area contributed by atoms with E-state index in [1.54, 1.807) is 0 Å². The fourth-order valence-electron chi connectivity index (χ4n) is 11.2. The van der Waals surface area contributed by atoms with Crippen LogP contribution < -0.4 is 0 Å². The summed E-state index contributed by atoms with van der Waals surface area (Å²) >= 11 is 0. The summed E-state index contributed by atoms with van der Waals surface area (Å²) in [6, 6.07) is 0. The van der Waals surface area contributed by atoms with Crippen molar-refractivity contribution in [2.24, 2.45) is 51.2 Å². The first-order valence-electron chi connectivity index (χ1n) is 14.2. The maximum atomic E-state index is 11.4. The highest BCUT2D eigenvalue weighted by Crippen LogP contribution is 2.76. The van der Waals surface area contributed by atoms with E-state index in [0.717, 1.165) is 42.9 Å². The first kappa shape index (κ1) is 24.4. The molecule has 0 heterocycles. The number of allylic oxidation sites excluding steroid dienone is 1. The molecule has 5 rings (SSSR count). The summed E-state index contributed by atoms with van der Waals surface area (Å²) in [5.41, 5.74) is 1.10. The van der Waals surface area contributed by atoms with Crippen LogP contribution in [0, 0.1) is 51.2 Å². The van der Waals surface area contributed by atoms with E-state index in [1.807, 2.05) is 13.8 Å². The van der Waals surface area contributed by atoms with Gasteiger partial charge in [0.1, 0.15) is 0 Å². The third-order valence-electron chi connectivity index (χ3n) is 13.7. The van der Waals surface area contributed by atoms with E-state index in [4.69, 9.17) is 0 Å². The fourth-order valence-corrected chi connectivity index (χ4v) is 11.2. The summed E-state index contributed by atoms with van der Waals surface area (Å²) in [5, 5.41) is 22.2. The topological polar surface area (TPSA) is 40.5 Å². The Morgan fingerprint density at radius 3 is 2.18 bits per heavy atom. The lowest BCUT2D eigenvalue weighted by atomic mass is 9.33. The van der Waals surface area contributed by atoms with Crippen molar-refractivity contribution in [1.82, 2.24) is 0 Å². The summed E-state index contributed by atoms with van der Waals surface area (Å²) in [7, 11) is 0. The van der Waals surface area contributed by atoms with E-state index in [9.17, 15) is 10.2 Å². The third kappa shape index (κ3) is 3.04. The molecule has 5 aliphatic rings. The van der Waals surface area contributed by atoms with E-state index in [1.165, 1.54) is 56.9 Å². The maximum absolute atomic E-state index is 11.4.